The normalized spacial score (nSPS) is 15.5. The van der Waals surface area contributed by atoms with Gasteiger partial charge in [0.05, 0.1) is 23.4 Å². The van der Waals surface area contributed by atoms with Crippen molar-refractivity contribution in [1.82, 2.24) is 19.5 Å². The van der Waals surface area contributed by atoms with Crippen LogP contribution in [-0.2, 0) is 9.47 Å². The van der Waals surface area contributed by atoms with Crippen LogP contribution in [0.15, 0.2) is 30.5 Å². The SMILES string of the molecule is CCOc1ccc(N(C(=O)OC(C)(C)C)c2c(C)c(NC3CCCN(C(=O)OC(C)(C)C)C3)nc3ccnn23)cc1[N+](=O)[O-]. The van der Waals surface area contributed by atoms with E-state index in [0.717, 1.165) is 12.8 Å². The number of nitrogens with zero attached hydrogens (tertiary/aromatic N) is 6. The number of piperidine rings is 1. The molecule has 1 atom stereocenters. The van der Waals surface area contributed by atoms with E-state index in [1.54, 1.807) is 57.8 Å². The molecule has 0 bridgehead atoms. The smallest absolute Gasteiger partial charge is 0.420 e. The largest absolute Gasteiger partial charge is 0.487 e. The number of fused-ring (bicyclic) bond motifs is 1. The van der Waals surface area contributed by atoms with Gasteiger partial charge < -0.3 is 24.4 Å². The number of amides is 2. The van der Waals surface area contributed by atoms with E-state index in [2.05, 4.69) is 10.4 Å². The summed E-state index contributed by atoms with van der Waals surface area (Å²) in [6.45, 7) is 15.4. The number of likely N-dealkylation sites (tertiary alicyclic amines) is 1. The predicted molar refractivity (Wildman–Crippen MR) is 165 cm³/mol. The Morgan fingerprint density at radius 2 is 1.84 bits per heavy atom. The van der Waals surface area contributed by atoms with Crippen molar-refractivity contribution in [3.8, 4) is 5.75 Å². The first kappa shape index (κ1) is 32.3. The third kappa shape index (κ3) is 7.47. The van der Waals surface area contributed by atoms with Crippen molar-refractivity contribution in [3.63, 3.8) is 0 Å². The Bertz CT molecular complexity index is 1540. The van der Waals surface area contributed by atoms with E-state index >= 15 is 0 Å². The number of carbonyl (C=O) groups is 2. The summed E-state index contributed by atoms with van der Waals surface area (Å²) in [6.07, 6.45) is 1.95. The van der Waals surface area contributed by atoms with Crippen LogP contribution in [0.3, 0.4) is 0 Å². The highest BCUT2D eigenvalue weighted by Gasteiger charge is 2.33. The van der Waals surface area contributed by atoms with Crippen LogP contribution in [0.25, 0.3) is 5.65 Å². The van der Waals surface area contributed by atoms with Gasteiger partial charge >= 0.3 is 17.9 Å². The summed E-state index contributed by atoms with van der Waals surface area (Å²) in [5.41, 5.74) is -0.631. The van der Waals surface area contributed by atoms with Crippen LogP contribution in [0.2, 0.25) is 0 Å². The highest BCUT2D eigenvalue weighted by molar-refractivity contribution is 5.97. The summed E-state index contributed by atoms with van der Waals surface area (Å²) in [6, 6.07) is 5.83. The van der Waals surface area contributed by atoms with Crippen molar-refractivity contribution < 1.29 is 28.7 Å². The number of benzene rings is 1. The van der Waals surface area contributed by atoms with E-state index in [9.17, 15) is 19.7 Å². The van der Waals surface area contributed by atoms with Crippen LogP contribution in [0, 0.1) is 17.0 Å². The molecule has 1 N–H and O–H groups in total. The number of ether oxygens (including phenoxy) is 3. The second-order valence-electron chi connectivity index (χ2n) is 12.6. The standard InChI is InChI=1S/C30H41N7O7/c1-9-42-23-13-12-21(17-22(23)37(40)41)35(28(39)44-30(6,7)8)26-19(2)25(33-24-14-15-31-36(24)26)32-20-11-10-16-34(18-20)27(38)43-29(3,4)5/h12-15,17,20H,9-11,16,18H2,1-8H3,(H,32,33). The molecule has 0 spiro atoms. The summed E-state index contributed by atoms with van der Waals surface area (Å²) < 4.78 is 18.3. The molecule has 14 heteroatoms. The Balaban J connectivity index is 1.80. The van der Waals surface area contributed by atoms with Crippen LogP contribution in [0.5, 0.6) is 5.75 Å². The van der Waals surface area contributed by atoms with Crippen molar-refractivity contribution in [1.29, 1.82) is 0 Å². The molecule has 0 saturated carbocycles. The molecule has 2 aromatic heterocycles. The number of nitro benzene ring substituents is 1. The van der Waals surface area contributed by atoms with E-state index in [-0.39, 0.29) is 41.7 Å². The number of nitrogens with one attached hydrogen (secondary N) is 1. The monoisotopic (exact) mass is 611 g/mol. The Labute approximate surface area is 256 Å². The quantitative estimate of drug-likeness (QED) is 0.240. The fourth-order valence-corrected chi connectivity index (χ4v) is 4.88. The molecule has 44 heavy (non-hydrogen) atoms. The molecular formula is C30H41N7O7. The first-order valence-corrected chi connectivity index (χ1v) is 14.6. The molecule has 14 nitrogen and oxygen atoms in total. The third-order valence-electron chi connectivity index (χ3n) is 6.64. The van der Waals surface area contributed by atoms with Gasteiger partial charge in [-0.15, -0.1) is 0 Å². The molecule has 1 aliphatic rings. The van der Waals surface area contributed by atoms with Gasteiger partial charge in [0, 0.05) is 36.8 Å². The van der Waals surface area contributed by atoms with Crippen molar-refractivity contribution >= 4 is 40.8 Å². The minimum absolute atomic E-state index is 0.0790. The van der Waals surface area contributed by atoms with Gasteiger partial charge in [-0.25, -0.2) is 19.5 Å². The van der Waals surface area contributed by atoms with Crippen molar-refractivity contribution in [2.45, 2.75) is 85.5 Å². The van der Waals surface area contributed by atoms with Crippen molar-refractivity contribution in [2.24, 2.45) is 0 Å². The second kappa shape index (κ2) is 12.5. The van der Waals surface area contributed by atoms with E-state index in [0.29, 0.717) is 30.1 Å². The molecule has 3 heterocycles. The number of aromatic nitrogens is 3. The fourth-order valence-electron chi connectivity index (χ4n) is 4.88. The lowest BCUT2D eigenvalue weighted by Crippen LogP contribution is -2.47. The van der Waals surface area contributed by atoms with Crippen LogP contribution < -0.4 is 15.0 Å². The molecule has 1 fully saturated rings. The zero-order valence-corrected chi connectivity index (χ0v) is 26.5. The van der Waals surface area contributed by atoms with E-state index < -0.39 is 22.2 Å². The average molecular weight is 612 g/mol. The number of carbonyl (C=O) groups excluding carboxylic acids is 2. The molecular weight excluding hydrogens is 570 g/mol. The Kier molecular flexibility index (Phi) is 9.21. The highest BCUT2D eigenvalue weighted by Crippen LogP contribution is 2.38. The van der Waals surface area contributed by atoms with Gasteiger partial charge in [0.2, 0.25) is 0 Å². The Hall–Kier alpha value is -4.62. The van der Waals surface area contributed by atoms with Gasteiger partial charge in [0.25, 0.3) is 0 Å². The summed E-state index contributed by atoms with van der Waals surface area (Å²) in [5, 5.41) is 19.9. The molecule has 1 aliphatic heterocycles. The molecule has 0 aliphatic carbocycles. The molecule has 1 aromatic carbocycles. The number of nitro groups is 1. The molecule has 1 unspecified atom stereocenters. The lowest BCUT2D eigenvalue weighted by Gasteiger charge is -2.35. The minimum atomic E-state index is -0.870. The third-order valence-corrected chi connectivity index (χ3v) is 6.64. The topological polar surface area (TPSA) is 154 Å². The van der Waals surface area contributed by atoms with Crippen LogP contribution in [0.1, 0.15) is 66.9 Å². The molecule has 1 saturated heterocycles. The second-order valence-corrected chi connectivity index (χ2v) is 12.6. The summed E-state index contributed by atoms with van der Waals surface area (Å²) in [4.78, 5) is 45.8. The maximum Gasteiger partial charge on any atom is 0.420 e. The van der Waals surface area contributed by atoms with E-state index in [4.69, 9.17) is 19.2 Å². The minimum Gasteiger partial charge on any atom is -0.487 e. The summed E-state index contributed by atoms with van der Waals surface area (Å²) >= 11 is 0. The zero-order valence-electron chi connectivity index (χ0n) is 26.5. The number of rotatable bonds is 7. The average Bonchev–Trinajstić information content (AvgIpc) is 3.38. The van der Waals surface area contributed by atoms with Crippen LogP contribution in [-0.4, -0.2) is 73.5 Å². The number of hydrogen-bond acceptors (Lipinski definition) is 10. The van der Waals surface area contributed by atoms with Crippen molar-refractivity contribution in [3.05, 3.63) is 46.1 Å². The fraction of sp³-hybridized carbons (Fsp3) is 0.533. The number of hydrogen-bond donors (Lipinski definition) is 1. The molecule has 238 valence electrons. The molecule has 2 amide bonds. The van der Waals surface area contributed by atoms with Gasteiger partial charge in [-0.05, 0) is 80.4 Å². The Morgan fingerprint density at radius 3 is 2.48 bits per heavy atom. The summed E-state index contributed by atoms with van der Waals surface area (Å²) in [7, 11) is 0. The first-order chi connectivity index (χ1) is 20.6. The van der Waals surface area contributed by atoms with E-state index in [1.165, 1.54) is 21.5 Å². The van der Waals surface area contributed by atoms with Crippen molar-refractivity contribution in [2.75, 3.05) is 29.9 Å². The van der Waals surface area contributed by atoms with Gasteiger partial charge in [-0.1, -0.05) is 0 Å². The zero-order chi connectivity index (χ0) is 32.4. The van der Waals surface area contributed by atoms with Gasteiger partial charge in [0.15, 0.2) is 17.2 Å². The summed E-state index contributed by atoms with van der Waals surface area (Å²) in [5.74, 6) is 0.836. The predicted octanol–water partition coefficient (Wildman–Crippen LogP) is 6.23. The maximum atomic E-state index is 13.9. The highest BCUT2D eigenvalue weighted by atomic mass is 16.6. The van der Waals surface area contributed by atoms with Crippen LogP contribution in [0.4, 0.5) is 32.6 Å². The molecule has 3 aromatic rings. The number of anilines is 3. The lowest BCUT2D eigenvalue weighted by molar-refractivity contribution is -0.385. The van der Waals surface area contributed by atoms with Gasteiger partial charge in [0.1, 0.15) is 17.0 Å². The van der Waals surface area contributed by atoms with E-state index in [1.807, 2.05) is 20.8 Å². The molecule has 4 rings (SSSR count). The lowest BCUT2D eigenvalue weighted by atomic mass is 10.1. The maximum absolute atomic E-state index is 13.9. The molecule has 0 radical (unpaired) electrons. The Morgan fingerprint density at radius 1 is 1.14 bits per heavy atom. The van der Waals surface area contributed by atoms with Gasteiger partial charge in [-0.3, -0.25) is 10.1 Å². The van der Waals surface area contributed by atoms with Crippen LogP contribution >= 0.6 is 0 Å². The van der Waals surface area contributed by atoms with Gasteiger partial charge in [-0.2, -0.15) is 9.61 Å². The first-order valence-electron chi connectivity index (χ1n) is 14.6.